The van der Waals surface area contributed by atoms with E-state index in [0.29, 0.717) is 0 Å². The molecule has 0 aliphatic carbocycles. The molecule has 1 aromatic carbocycles. The Bertz CT molecular complexity index is 660. The summed E-state index contributed by atoms with van der Waals surface area (Å²) in [7, 11) is 0. The molecule has 0 fully saturated rings. The van der Waals surface area contributed by atoms with E-state index in [-0.39, 0.29) is 17.1 Å². The number of nitrogens with one attached hydrogen (secondary N) is 1. The highest BCUT2D eigenvalue weighted by Gasteiger charge is 2.35. The maximum Gasteiger partial charge on any atom is 0.451 e. The number of halogens is 4. The van der Waals surface area contributed by atoms with Gasteiger partial charge in [-0.05, 0) is 18.6 Å². The van der Waals surface area contributed by atoms with Gasteiger partial charge in [-0.15, -0.1) is 0 Å². The summed E-state index contributed by atoms with van der Waals surface area (Å²) in [5, 5.41) is 0. The Hall–Kier alpha value is -2.42. The fourth-order valence-electron chi connectivity index (χ4n) is 1.49. The third kappa shape index (κ3) is 3.37. The molecule has 9 heteroatoms. The van der Waals surface area contributed by atoms with Gasteiger partial charge in [0, 0.05) is 6.07 Å². The molecule has 1 heterocycles. The van der Waals surface area contributed by atoms with Crippen molar-refractivity contribution in [1.29, 1.82) is 0 Å². The minimum absolute atomic E-state index is 0.246. The van der Waals surface area contributed by atoms with Gasteiger partial charge < -0.3 is 10.2 Å². The van der Waals surface area contributed by atoms with Gasteiger partial charge in [0.1, 0.15) is 5.82 Å². The van der Waals surface area contributed by atoms with Crippen LogP contribution in [0.3, 0.4) is 0 Å². The van der Waals surface area contributed by atoms with E-state index in [2.05, 4.69) is 9.97 Å². The first-order valence-electron chi connectivity index (χ1n) is 5.67. The van der Waals surface area contributed by atoms with Crippen LogP contribution in [0.2, 0.25) is 0 Å². The van der Waals surface area contributed by atoms with Crippen LogP contribution in [0.5, 0.6) is 11.6 Å². The van der Waals surface area contributed by atoms with Gasteiger partial charge in [0.15, 0.2) is 11.6 Å². The molecular formula is C12H10F4N4O. The molecule has 112 valence electrons. The summed E-state index contributed by atoms with van der Waals surface area (Å²) in [4.78, 5) is 6.36. The highest BCUT2D eigenvalue weighted by atomic mass is 19.4. The van der Waals surface area contributed by atoms with E-state index < -0.39 is 23.7 Å². The second-order valence-corrected chi connectivity index (χ2v) is 4.05. The minimum atomic E-state index is -4.78. The van der Waals surface area contributed by atoms with Crippen molar-refractivity contribution < 1.29 is 22.3 Å². The maximum atomic E-state index is 13.8. The zero-order valence-corrected chi connectivity index (χ0v) is 10.7. The molecule has 3 N–H and O–H groups in total. The van der Waals surface area contributed by atoms with Crippen LogP contribution < -0.4 is 16.0 Å². The standard InChI is InChI=1S/C12H10F4N4O/c1-6-3-2-4-7(10(6)13)21-9-5-8(20-17)18-11(19-9)12(14,15)16/h2-5H,17H2,1H3,(H,18,19,20). The van der Waals surface area contributed by atoms with Crippen molar-refractivity contribution in [2.45, 2.75) is 13.1 Å². The summed E-state index contributed by atoms with van der Waals surface area (Å²) in [6, 6.07) is 5.29. The van der Waals surface area contributed by atoms with E-state index in [0.717, 1.165) is 6.07 Å². The third-order valence-corrected chi connectivity index (χ3v) is 2.47. The van der Waals surface area contributed by atoms with E-state index in [4.69, 9.17) is 10.6 Å². The Morgan fingerprint density at radius 2 is 1.95 bits per heavy atom. The molecule has 0 amide bonds. The summed E-state index contributed by atoms with van der Waals surface area (Å²) in [5.74, 6) is 1.88. The molecule has 0 bridgehead atoms. The first-order chi connectivity index (χ1) is 9.81. The van der Waals surface area contributed by atoms with Crippen LogP contribution in [-0.4, -0.2) is 9.97 Å². The number of hydrazine groups is 1. The molecule has 0 atom stereocenters. The molecule has 0 aliphatic rings. The maximum absolute atomic E-state index is 13.8. The number of nitrogens with zero attached hydrogens (tertiary/aromatic N) is 2. The minimum Gasteiger partial charge on any atom is -0.436 e. The molecule has 1 aromatic heterocycles. The van der Waals surface area contributed by atoms with E-state index in [1.165, 1.54) is 25.1 Å². The summed E-state index contributed by atoms with van der Waals surface area (Å²) >= 11 is 0. The first-order valence-corrected chi connectivity index (χ1v) is 5.67. The quantitative estimate of drug-likeness (QED) is 0.518. The van der Waals surface area contributed by atoms with Crippen LogP contribution in [0, 0.1) is 12.7 Å². The number of ether oxygens (including phenoxy) is 1. The first kappa shape index (κ1) is 15.0. The van der Waals surface area contributed by atoms with Gasteiger partial charge in [-0.25, -0.2) is 15.2 Å². The molecule has 0 radical (unpaired) electrons. The lowest BCUT2D eigenvalue weighted by atomic mass is 10.2. The highest BCUT2D eigenvalue weighted by molar-refractivity contribution is 5.40. The highest BCUT2D eigenvalue weighted by Crippen LogP contribution is 2.31. The predicted molar refractivity (Wildman–Crippen MR) is 66.1 cm³/mol. The Balaban J connectivity index is 2.42. The lowest BCUT2D eigenvalue weighted by Crippen LogP contribution is -2.16. The second kappa shape index (κ2) is 5.52. The number of rotatable bonds is 3. The van der Waals surface area contributed by atoms with Crippen molar-refractivity contribution >= 4 is 5.82 Å². The van der Waals surface area contributed by atoms with Crippen molar-refractivity contribution in [1.82, 2.24) is 9.97 Å². The van der Waals surface area contributed by atoms with Gasteiger partial charge in [-0.1, -0.05) is 12.1 Å². The number of hydrogen-bond donors (Lipinski definition) is 2. The molecule has 5 nitrogen and oxygen atoms in total. The Morgan fingerprint density at radius 1 is 1.24 bits per heavy atom. The second-order valence-electron chi connectivity index (χ2n) is 4.05. The number of anilines is 1. The summed E-state index contributed by atoms with van der Waals surface area (Å²) in [6.45, 7) is 1.50. The number of alkyl halides is 3. The van der Waals surface area contributed by atoms with Crippen molar-refractivity contribution in [2.75, 3.05) is 5.43 Å². The number of nitrogen functional groups attached to an aromatic ring is 1. The van der Waals surface area contributed by atoms with Gasteiger partial charge >= 0.3 is 6.18 Å². The average molecular weight is 302 g/mol. The molecule has 0 unspecified atom stereocenters. The fraction of sp³-hybridized carbons (Fsp3) is 0.167. The van der Waals surface area contributed by atoms with Crippen LogP contribution >= 0.6 is 0 Å². The van der Waals surface area contributed by atoms with Gasteiger partial charge in [-0.3, -0.25) is 0 Å². The van der Waals surface area contributed by atoms with E-state index in [1.807, 2.05) is 5.43 Å². The van der Waals surface area contributed by atoms with Crippen LogP contribution in [0.4, 0.5) is 23.4 Å². The van der Waals surface area contributed by atoms with Gasteiger partial charge in [0.25, 0.3) is 0 Å². The monoisotopic (exact) mass is 302 g/mol. The zero-order valence-electron chi connectivity index (χ0n) is 10.7. The zero-order chi connectivity index (χ0) is 15.6. The summed E-state index contributed by atoms with van der Waals surface area (Å²) in [6.07, 6.45) is -4.78. The summed E-state index contributed by atoms with van der Waals surface area (Å²) in [5.41, 5.74) is 2.25. The van der Waals surface area contributed by atoms with E-state index >= 15 is 0 Å². The van der Waals surface area contributed by atoms with Crippen molar-refractivity contribution in [3.05, 3.63) is 41.5 Å². The topological polar surface area (TPSA) is 73.1 Å². The van der Waals surface area contributed by atoms with Gasteiger partial charge in [0.2, 0.25) is 11.7 Å². The van der Waals surface area contributed by atoms with E-state index in [1.54, 1.807) is 0 Å². The molecular weight excluding hydrogens is 292 g/mol. The molecule has 21 heavy (non-hydrogen) atoms. The molecule has 0 saturated carbocycles. The van der Waals surface area contributed by atoms with Crippen molar-refractivity contribution in [3.8, 4) is 11.6 Å². The molecule has 2 rings (SSSR count). The van der Waals surface area contributed by atoms with E-state index in [9.17, 15) is 17.6 Å². The lowest BCUT2D eigenvalue weighted by Gasteiger charge is -2.11. The lowest BCUT2D eigenvalue weighted by molar-refractivity contribution is -0.145. The molecule has 2 aromatic rings. The number of nitrogens with two attached hydrogens (primary N) is 1. The van der Waals surface area contributed by atoms with Gasteiger partial charge in [0.05, 0.1) is 0 Å². The predicted octanol–water partition coefficient (Wildman–Crippen LogP) is 3.02. The van der Waals surface area contributed by atoms with Crippen LogP contribution in [0.1, 0.15) is 11.4 Å². The van der Waals surface area contributed by atoms with Crippen LogP contribution in [0.15, 0.2) is 24.3 Å². The van der Waals surface area contributed by atoms with Crippen LogP contribution in [-0.2, 0) is 6.18 Å². The SMILES string of the molecule is Cc1cccc(Oc2cc(NN)nc(C(F)(F)F)n2)c1F. The average Bonchev–Trinajstić information content (AvgIpc) is 2.42. The molecule has 0 aliphatic heterocycles. The fourth-order valence-corrected chi connectivity index (χ4v) is 1.49. The number of benzene rings is 1. The number of aromatic nitrogens is 2. The normalized spacial score (nSPS) is 11.3. The summed E-state index contributed by atoms with van der Waals surface area (Å²) < 4.78 is 56.7. The largest absolute Gasteiger partial charge is 0.451 e. The van der Waals surface area contributed by atoms with Crippen LogP contribution in [0.25, 0.3) is 0 Å². The number of aryl methyl sites for hydroxylation is 1. The molecule has 0 spiro atoms. The molecule has 0 saturated heterocycles. The number of hydrogen-bond acceptors (Lipinski definition) is 5. The Morgan fingerprint density at radius 3 is 2.57 bits per heavy atom. The Labute approximate surface area is 116 Å². The smallest absolute Gasteiger partial charge is 0.436 e. The van der Waals surface area contributed by atoms with Crippen molar-refractivity contribution in [3.63, 3.8) is 0 Å². The third-order valence-electron chi connectivity index (χ3n) is 2.47. The van der Waals surface area contributed by atoms with Gasteiger partial charge in [-0.2, -0.15) is 18.2 Å². The van der Waals surface area contributed by atoms with Crippen molar-refractivity contribution in [2.24, 2.45) is 5.84 Å². The Kier molecular flexibility index (Phi) is 3.94.